The van der Waals surface area contributed by atoms with Gasteiger partial charge in [0.1, 0.15) is 0 Å². The lowest BCUT2D eigenvalue weighted by molar-refractivity contribution is 0.276. The Morgan fingerprint density at radius 3 is 2.05 bits per heavy atom. The second-order valence-corrected chi connectivity index (χ2v) is 7.17. The van der Waals surface area contributed by atoms with Crippen LogP contribution in [0, 0.1) is 0 Å². The molecule has 0 saturated heterocycles. The molecule has 0 spiro atoms. The molecule has 0 bridgehead atoms. The fourth-order valence-electron chi connectivity index (χ4n) is 2.20. The van der Waals surface area contributed by atoms with E-state index in [1.54, 1.807) is 0 Å². The molecule has 1 atom stereocenters. The van der Waals surface area contributed by atoms with Gasteiger partial charge in [0.05, 0.1) is 12.6 Å². The summed E-state index contributed by atoms with van der Waals surface area (Å²) in [6.45, 7) is 6.66. The summed E-state index contributed by atoms with van der Waals surface area (Å²) >= 11 is 3.42. The van der Waals surface area contributed by atoms with Gasteiger partial charge in [0, 0.05) is 10.2 Å². The standard InChI is InChI=1S/C18H22BrNO/c1-18(2,3)14-6-4-13(5-7-14)17(12-21)20-16-10-8-15(19)9-11-16/h4-11,17,20-21H,12H2,1-3H3. The topological polar surface area (TPSA) is 32.3 Å². The molecule has 2 aromatic rings. The molecule has 0 aliphatic carbocycles. The van der Waals surface area contributed by atoms with E-state index in [2.05, 4.69) is 66.3 Å². The van der Waals surface area contributed by atoms with Crippen LogP contribution in [0.5, 0.6) is 0 Å². The van der Waals surface area contributed by atoms with E-state index in [0.29, 0.717) is 0 Å². The molecule has 0 heterocycles. The van der Waals surface area contributed by atoms with Crippen LogP contribution >= 0.6 is 15.9 Å². The van der Waals surface area contributed by atoms with E-state index in [4.69, 9.17) is 0 Å². The van der Waals surface area contributed by atoms with E-state index in [1.807, 2.05) is 24.3 Å². The van der Waals surface area contributed by atoms with Gasteiger partial charge in [-0.3, -0.25) is 0 Å². The Balaban J connectivity index is 2.15. The van der Waals surface area contributed by atoms with E-state index in [1.165, 1.54) is 5.56 Å². The minimum Gasteiger partial charge on any atom is -0.394 e. The Morgan fingerprint density at radius 1 is 1.00 bits per heavy atom. The molecule has 0 aromatic heterocycles. The fraction of sp³-hybridized carbons (Fsp3) is 0.333. The van der Waals surface area contributed by atoms with Gasteiger partial charge in [-0.05, 0) is 40.8 Å². The highest BCUT2D eigenvalue weighted by atomic mass is 79.9. The van der Waals surface area contributed by atoms with Gasteiger partial charge in [0.2, 0.25) is 0 Å². The van der Waals surface area contributed by atoms with E-state index in [9.17, 15) is 5.11 Å². The third-order valence-corrected chi connectivity index (χ3v) is 4.08. The molecule has 1 unspecified atom stereocenters. The zero-order valence-corrected chi connectivity index (χ0v) is 14.3. The highest BCUT2D eigenvalue weighted by Gasteiger charge is 2.15. The highest BCUT2D eigenvalue weighted by Crippen LogP contribution is 2.25. The summed E-state index contributed by atoms with van der Waals surface area (Å²) in [5.74, 6) is 0. The molecule has 0 fully saturated rings. The van der Waals surface area contributed by atoms with E-state index < -0.39 is 0 Å². The number of aliphatic hydroxyl groups is 1. The van der Waals surface area contributed by atoms with Crippen molar-refractivity contribution < 1.29 is 5.11 Å². The Morgan fingerprint density at radius 2 is 1.57 bits per heavy atom. The fourth-order valence-corrected chi connectivity index (χ4v) is 2.46. The average Bonchev–Trinajstić information content (AvgIpc) is 2.46. The predicted octanol–water partition coefficient (Wildman–Crippen LogP) is 4.89. The van der Waals surface area contributed by atoms with Crippen LogP contribution in [0.3, 0.4) is 0 Å². The Labute approximate surface area is 135 Å². The first-order valence-corrected chi connectivity index (χ1v) is 7.93. The minimum absolute atomic E-state index is 0.0604. The minimum atomic E-state index is -0.0970. The van der Waals surface area contributed by atoms with Crippen LogP contribution in [0.25, 0.3) is 0 Å². The second-order valence-electron chi connectivity index (χ2n) is 6.26. The van der Waals surface area contributed by atoms with Crippen LogP contribution < -0.4 is 5.32 Å². The lowest BCUT2D eigenvalue weighted by atomic mass is 9.86. The first-order chi connectivity index (χ1) is 9.90. The predicted molar refractivity (Wildman–Crippen MR) is 92.7 cm³/mol. The number of halogens is 1. The molecular weight excluding hydrogens is 326 g/mol. The summed E-state index contributed by atoms with van der Waals surface area (Å²) in [5.41, 5.74) is 3.53. The maximum Gasteiger partial charge on any atom is 0.0745 e. The molecule has 0 saturated carbocycles. The number of hydrogen-bond donors (Lipinski definition) is 2. The second kappa shape index (κ2) is 6.63. The molecule has 21 heavy (non-hydrogen) atoms. The SMILES string of the molecule is CC(C)(C)c1ccc(C(CO)Nc2ccc(Br)cc2)cc1. The van der Waals surface area contributed by atoms with Gasteiger partial charge < -0.3 is 10.4 Å². The number of rotatable bonds is 4. The first kappa shape index (κ1) is 16.1. The maximum absolute atomic E-state index is 9.65. The monoisotopic (exact) mass is 347 g/mol. The molecule has 2 nitrogen and oxygen atoms in total. The van der Waals surface area contributed by atoms with Gasteiger partial charge in [-0.25, -0.2) is 0 Å². The average molecular weight is 348 g/mol. The quantitative estimate of drug-likeness (QED) is 0.824. The van der Waals surface area contributed by atoms with Crippen molar-refractivity contribution in [2.24, 2.45) is 0 Å². The molecule has 112 valence electrons. The first-order valence-electron chi connectivity index (χ1n) is 7.13. The zero-order valence-electron chi connectivity index (χ0n) is 12.7. The van der Waals surface area contributed by atoms with E-state index in [0.717, 1.165) is 15.7 Å². The summed E-state index contributed by atoms with van der Waals surface area (Å²) in [6.07, 6.45) is 0. The molecule has 3 heteroatoms. The van der Waals surface area contributed by atoms with Gasteiger partial charge in [-0.15, -0.1) is 0 Å². The summed E-state index contributed by atoms with van der Waals surface area (Å²) in [7, 11) is 0. The smallest absolute Gasteiger partial charge is 0.0745 e. The van der Waals surface area contributed by atoms with Crippen molar-refractivity contribution in [1.29, 1.82) is 0 Å². The molecular formula is C18H22BrNO. The number of aliphatic hydroxyl groups excluding tert-OH is 1. The van der Waals surface area contributed by atoms with Crippen molar-refractivity contribution in [3.05, 3.63) is 64.1 Å². The van der Waals surface area contributed by atoms with Crippen molar-refractivity contribution in [1.82, 2.24) is 0 Å². The third-order valence-electron chi connectivity index (χ3n) is 3.55. The Hall–Kier alpha value is -1.32. The Kier molecular flexibility index (Phi) is 5.07. The summed E-state index contributed by atoms with van der Waals surface area (Å²) in [5, 5.41) is 13.0. The van der Waals surface area contributed by atoms with Crippen molar-refractivity contribution in [2.75, 3.05) is 11.9 Å². The normalized spacial score (nSPS) is 13.0. The van der Waals surface area contributed by atoms with Gasteiger partial charge in [0.15, 0.2) is 0 Å². The zero-order chi connectivity index (χ0) is 15.5. The molecule has 0 amide bonds. The number of hydrogen-bond acceptors (Lipinski definition) is 2. The van der Waals surface area contributed by atoms with Gasteiger partial charge in [0.25, 0.3) is 0 Å². The molecule has 2 aromatic carbocycles. The Bertz CT molecular complexity index is 570. The largest absolute Gasteiger partial charge is 0.394 e. The lowest BCUT2D eigenvalue weighted by Crippen LogP contribution is -2.16. The van der Waals surface area contributed by atoms with Crippen LogP contribution in [-0.4, -0.2) is 11.7 Å². The molecule has 0 radical (unpaired) electrons. The van der Waals surface area contributed by atoms with E-state index in [-0.39, 0.29) is 18.1 Å². The van der Waals surface area contributed by atoms with Crippen LogP contribution in [0.1, 0.15) is 37.9 Å². The molecule has 0 aliphatic heterocycles. The van der Waals surface area contributed by atoms with Crippen LogP contribution in [-0.2, 0) is 5.41 Å². The number of benzene rings is 2. The maximum atomic E-state index is 9.65. The van der Waals surface area contributed by atoms with E-state index >= 15 is 0 Å². The van der Waals surface area contributed by atoms with Crippen LogP contribution in [0.2, 0.25) is 0 Å². The van der Waals surface area contributed by atoms with Crippen molar-refractivity contribution in [3.8, 4) is 0 Å². The van der Waals surface area contributed by atoms with Crippen molar-refractivity contribution in [2.45, 2.75) is 32.2 Å². The van der Waals surface area contributed by atoms with Crippen LogP contribution in [0.15, 0.2) is 53.0 Å². The molecule has 0 aliphatic rings. The van der Waals surface area contributed by atoms with Crippen LogP contribution in [0.4, 0.5) is 5.69 Å². The third kappa shape index (κ3) is 4.32. The van der Waals surface area contributed by atoms with Gasteiger partial charge >= 0.3 is 0 Å². The van der Waals surface area contributed by atoms with Gasteiger partial charge in [-0.1, -0.05) is 61.0 Å². The molecule has 2 rings (SSSR count). The lowest BCUT2D eigenvalue weighted by Gasteiger charge is -2.22. The summed E-state index contributed by atoms with van der Waals surface area (Å²) < 4.78 is 1.04. The molecule has 2 N–H and O–H groups in total. The van der Waals surface area contributed by atoms with Crippen molar-refractivity contribution >= 4 is 21.6 Å². The number of anilines is 1. The van der Waals surface area contributed by atoms with Crippen molar-refractivity contribution in [3.63, 3.8) is 0 Å². The highest BCUT2D eigenvalue weighted by molar-refractivity contribution is 9.10. The van der Waals surface area contributed by atoms with Gasteiger partial charge in [-0.2, -0.15) is 0 Å². The number of nitrogens with one attached hydrogen (secondary N) is 1. The summed E-state index contributed by atoms with van der Waals surface area (Å²) in [4.78, 5) is 0. The summed E-state index contributed by atoms with van der Waals surface area (Å²) in [6, 6.07) is 16.3.